The van der Waals surface area contributed by atoms with Crippen molar-refractivity contribution < 1.29 is 9.59 Å². The number of nitrogens with one attached hydrogen (secondary N) is 2. The number of imidazole rings is 1. The molecule has 0 aliphatic carbocycles. The Kier molecular flexibility index (Phi) is 5.33. The number of carbonyl (C=O) groups excluding carboxylic acids is 2. The second-order valence-electron chi connectivity index (χ2n) is 8.17. The second kappa shape index (κ2) is 8.47. The molecule has 0 saturated carbocycles. The van der Waals surface area contributed by atoms with Crippen LogP contribution in [0.4, 0.5) is 0 Å². The fourth-order valence-corrected chi connectivity index (χ4v) is 3.71. The predicted molar refractivity (Wildman–Crippen MR) is 127 cm³/mol. The first-order valence-corrected chi connectivity index (χ1v) is 10.8. The number of Topliss-reactive ketones (excluding diaryl/α,β-unsaturated/α-hetero) is 1. The lowest BCUT2D eigenvalue weighted by molar-refractivity contribution is -0.118. The van der Waals surface area contributed by atoms with Gasteiger partial charge in [-0.15, -0.1) is 0 Å². The molecule has 5 rings (SSSR count). The van der Waals surface area contributed by atoms with Crippen LogP contribution in [0.3, 0.4) is 0 Å². The van der Waals surface area contributed by atoms with Crippen molar-refractivity contribution in [2.45, 2.75) is 19.8 Å². The maximum absolute atomic E-state index is 12.5. The molecule has 0 unspecified atom stereocenters. The molecule has 10 heteroatoms. The maximum atomic E-state index is 12.5. The number of rotatable bonds is 6. The summed E-state index contributed by atoms with van der Waals surface area (Å²) in [7, 11) is 3.38. The highest BCUT2D eigenvalue weighted by Gasteiger charge is 2.19. The van der Waals surface area contributed by atoms with E-state index in [-0.39, 0.29) is 11.7 Å². The molecule has 5 aromatic rings. The summed E-state index contributed by atoms with van der Waals surface area (Å²) in [5, 5.41) is 8.08. The number of hydrogen-bond donors (Lipinski definition) is 2. The maximum Gasteiger partial charge on any atom is 0.257 e. The van der Waals surface area contributed by atoms with E-state index in [4.69, 9.17) is 0 Å². The number of aromatic amines is 2. The molecule has 1 amide bonds. The van der Waals surface area contributed by atoms with Gasteiger partial charge in [0.25, 0.3) is 5.91 Å². The van der Waals surface area contributed by atoms with Gasteiger partial charge in [-0.3, -0.25) is 24.7 Å². The van der Waals surface area contributed by atoms with Gasteiger partial charge < -0.3 is 9.88 Å². The van der Waals surface area contributed by atoms with Crippen LogP contribution in [0.15, 0.2) is 43.0 Å². The van der Waals surface area contributed by atoms with Crippen LogP contribution in [-0.4, -0.2) is 65.8 Å². The summed E-state index contributed by atoms with van der Waals surface area (Å²) in [6, 6.07) is 5.76. The van der Waals surface area contributed by atoms with Crippen LogP contribution in [0.2, 0.25) is 0 Å². The Morgan fingerprint density at radius 3 is 2.59 bits per heavy atom. The van der Waals surface area contributed by atoms with Crippen LogP contribution in [0.1, 0.15) is 29.4 Å². The SMILES string of the molecule is CCC(=O)Cc1ccc(-c2cnc3n[nH]c(-c4nc5c(C(=O)N(C)C)cncc5[nH]4)c3c2)cn1. The Labute approximate surface area is 194 Å². The van der Waals surface area contributed by atoms with Crippen LogP contribution < -0.4 is 0 Å². The quantitative estimate of drug-likeness (QED) is 0.402. The molecule has 5 heterocycles. The van der Waals surface area contributed by atoms with Crippen LogP contribution in [0, 0.1) is 0 Å². The second-order valence-corrected chi connectivity index (χ2v) is 8.17. The van der Waals surface area contributed by atoms with Crippen molar-refractivity contribution in [2.75, 3.05) is 14.1 Å². The van der Waals surface area contributed by atoms with E-state index in [1.54, 1.807) is 32.7 Å². The van der Waals surface area contributed by atoms with Gasteiger partial charge in [-0.2, -0.15) is 5.10 Å². The zero-order valence-corrected chi connectivity index (χ0v) is 19.0. The Hall–Kier alpha value is -4.47. The standard InChI is InChI=1S/C24H22N8O2/c1-4-16(33)8-15-6-5-13(9-26-15)14-7-17-21(30-31-22(17)27-10-14)23-28-19-12-25-11-18(20(19)29-23)24(34)32(2)3/h5-7,9-12H,4,8H2,1-3H3,(H,28,29)(H,27,30,31). The third-order valence-electron chi connectivity index (χ3n) is 5.61. The van der Waals surface area contributed by atoms with E-state index in [0.29, 0.717) is 46.6 Å². The summed E-state index contributed by atoms with van der Waals surface area (Å²) >= 11 is 0. The monoisotopic (exact) mass is 454 g/mol. The number of hydrogen-bond acceptors (Lipinski definition) is 7. The molecule has 0 spiro atoms. The number of aromatic nitrogens is 7. The lowest BCUT2D eigenvalue weighted by Gasteiger charge is -2.09. The van der Waals surface area contributed by atoms with Crippen molar-refractivity contribution in [3.63, 3.8) is 0 Å². The third kappa shape index (κ3) is 3.79. The first-order chi connectivity index (χ1) is 16.4. The van der Waals surface area contributed by atoms with Gasteiger partial charge in [0, 0.05) is 62.3 Å². The molecule has 0 atom stereocenters. The average Bonchev–Trinajstić information content (AvgIpc) is 3.47. The smallest absolute Gasteiger partial charge is 0.257 e. The highest BCUT2D eigenvalue weighted by molar-refractivity contribution is 6.05. The lowest BCUT2D eigenvalue weighted by atomic mass is 10.1. The fourth-order valence-electron chi connectivity index (χ4n) is 3.71. The minimum absolute atomic E-state index is 0.155. The van der Waals surface area contributed by atoms with E-state index < -0.39 is 0 Å². The molecule has 5 aromatic heterocycles. The molecule has 0 saturated heterocycles. The van der Waals surface area contributed by atoms with Crippen molar-refractivity contribution in [1.29, 1.82) is 0 Å². The summed E-state index contributed by atoms with van der Waals surface area (Å²) < 4.78 is 0. The van der Waals surface area contributed by atoms with Gasteiger partial charge in [-0.1, -0.05) is 13.0 Å². The number of H-pyrrole nitrogens is 2. The van der Waals surface area contributed by atoms with E-state index in [1.165, 1.54) is 11.1 Å². The van der Waals surface area contributed by atoms with Crippen LogP contribution in [0.25, 0.3) is 44.7 Å². The van der Waals surface area contributed by atoms with Crippen molar-refractivity contribution in [2.24, 2.45) is 0 Å². The van der Waals surface area contributed by atoms with Gasteiger partial charge in [-0.05, 0) is 12.1 Å². The largest absolute Gasteiger partial charge is 0.345 e. The van der Waals surface area contributed by atoms with Crippen molar-refractivity contribution >= 4 is 33.8 Å². The van der Waals surface area contributed by atoms with Gasteiger partial charge >= 0.3 is 0 Å². The molecule has 0 aliphatic heterocycles. The molecule has 10 nitrogen and oxygen atoms in total. The first-order valence-electron chi connectivity index (χ1n) is 10.8. The summed E-state index contributed by atoms with van der Waals surface area (Å²) in [6.45, 7) is 1.85. The van der Waals surface area contributed by atoms with Gasteiger partial charge in [0.05, 0.1) is 22.7 Å². The number of fused-ring (bicyclic) bond motifs is 2. The van der Waals surface area contributed by atoms with E-state index in [2.05, 4.69) is 35.1 Å². The normalized spacial score (nSPS) is 11.3. The predicted octanol–water partition coefficient (Wildman–Crippen LogP) is 3.18. The van der Waals surface area contributed by atoms with Gasteiger partial charge in [0.15, 0.2) is 11.5 Å². The van der Waals surface area contributed by atoms with Gasteiger partial charge in [0.1, 0.15) is 17.0 Å². The Morgan fingerprint density at radius 1 is 1.03 bits per heavy atom. The lowest BCUT2D eigenvalue weighted by Crippen LogP contribution is -2.22. The van der Waals surface area contributed by atoms with E-state index in [9.17, 15) is 9.59 Å². The number of nitrogens with zero attached hydrogens (tertiary/aromatic N) is 6. The summed E-state index contributed by atoms with van der Waals surface area (Å²) in [5.41, 5.74) is 5.28. The molecule has 34 heavy (non-hydrogen) atoms. The Bertz CT molecular complexity index is 1530. The van der Waals surface area contributed by atoms with Crippen LogP contribution in [-0.2, 0) is 11.2 Å². The summed E-state index contributed by atoms with van der Waals surface area (Å²) in [5.74, 6) is 0.512. The number of amides is 1. The number of pyridine rings is 3. The van der Waals surface area contributed by atoms with E-state index in [0.717, 1.165) is 22.2 Å². The fraction of sp³-hybridized carbons (Fsp3) is 0.208. The topological polar surface area (TPSA) is 133 Å². The van der Waals surface area contributed by atoms with E-state index in [1.807, 2.05) is 25.1 Å². The van der Waals surface area contributed by atoms with Crippen molar-refractivity contribution in [1.82, 2.24) is 40.0 Å². The minimum atomic E-state index is -0.175. The molecule has 0 fully saturated rings. The molecule has 170 valence electrons. The van der Waals surface area contributed by atoms with E-state index >= 15 is 0 Å². The molecule has 2 N–H and O–H groups in total. The average molecular weight is 454 g/mol. The highest BCUT2D eigenvalue weighted by Crippen LogP contribution is 2.29. The minimum Gasteiger partial charge on any atom is -0.345 e. The van der Waals surface area contributed by atoms with Crippen LogP contribution in [0.5, 0.6) is 0 Å². The third-order valence-corrected chi connectivity index (χ3v) is 5.61. The zero-order chi connectivity index (χ0) is 23.8. The molecule has 0 aromatic carbocycles. The zero-order valence-electron chi connectivity index (χ0n) is 19.0. The van der Waals surface area contributed by atoms with Crippen molar-refractivity contribution in [3.8, 4) is 22.6 Å². The highest BCUT2D eigenvalue weighted by atomic mass is 16.2. The van der Waals surface area contributed by atoms with Gasteiger partial charge in [0.2, 0.25) is 0 Å². The molecular formula is C24H22N8O2. The van der Waals surface area contributed by atoms with Gasteiger partial charge in [-0.25, -0.2) is 9.97 Å². The summed E-state index contributed by atoms with van der Waals surface area (Å²) in [6.07, 6.45) is 7.46. The summed E-state index contributed by atoms with van der Waals surface area (Å²) in [4.78, 5) is 46.7. The molecule has 0 bridgehead atoms. The molecular weight excluding hydrogens is 432 g/mol. The first kappa shape index (κ1) is 21.4. The Balaban J connectivity index is 1.54. The Morgan fingerprint density at radius 2 is 1.85 bits per heavy atom. The van der Waals surface area contributed by atoms with Crippen LogP contribution >= 0.6 is 0 Å². The molecule has 0 radical (unpaired) electrons. The van der Waals surface area contributed by atoms with Crippen molar-refractivity contribution in [3.05, 3.63) is 54.2 Å². The number of carbonyl (C=O) groups is 2. The molecule has 0 aliphatic rings. The number of ketones is 1.